The fourth-order valence-corrected chi connectivity index (χ4v) is 6.29. The first-order valence-electron chi connectivity index (χ1n) is 16.1. The van der Waals surface area contributed by atoms with E-state index in [1.807, 2.05) is 54.6 Å². The highest BCUT2D eigenvalue weighted by Gasteiger charge is 2.46. The van der Waals surface area contributed by atoms with Crippen molar-refractivity contribution in [1.29, 1.82) is 5.26 Å². The van der Waals surface area contributed by atoms with Crippen molar-refractivity contribution in [3.8, 4) is 11.9 Å². The maximum Gasteiger partial charge on any atom is 0.247 e. The highest BCUT2D eigenvalue weighted by atomic mass is 16.5. The quantitative estimate of drug-likeness (QED) is 0.184. The molecule has 2 aromatic heterocycles. The third-order valence-corrected chi connectivity index (χ3v) is 8.55. The smallest absolute Gasteiger partial charge is 0.247 e. The van der Waals surface area contributed by atoms with Gasteiger partial charge < -0.3 is 14.6 Å². The van der Waals surface area contributed by atoms with Crippen LogP contribution in [0.15, 0.2) is 97.3 Å². The van der Waals surface area contributed by atoms with Crippen LogP contribution in [0.5, 0.6) is 5.88 Å². The average Bonchev–Trinajstić information content (AvgIpc) is 3.54. The Morgan fingerprint density at radius 2 is 1.56 bits per heavy atom. The molecule has 3 heterocycles. The molecule has 3 aromatic carbocycles. The molecule has 0 spiro atoms. The van der Waals surface area contributed by atoms with E-state index < -0.39 is 24.0 Å². The number of amides is 1. The van der Waals surface area contributed by atoms with Crippen molar-refractivity contribution in [2.45, 2.75) is 51.2 Å². The SMILES string of the molecule is CC(C)C(=O)Nc1nc(O[C@@H](C)CC#N)c2ncn([C@H]3CN(C(c4ccccc4)(c4ccccc4)c4ccccc4)C[C@@H](CO)O3)c2n1. The van der Waals surface area contributed by atoms with Gasteiger partial charge in [-0.2, -0.15) is 15.2 Å². The molecule has 11 nitrogen and oxygen atoms in total. The predicted molar refractivity (Wildman–Crippen MR) is 181 cm³/mol. The predicted octanol–water partition coefficient (Wildman–Crippen LogP) is 5.29. The summed E-state index contributed by atoms with van der Waals surface area (Å²) in [4.78, 5) is 28.9. The number of nitrogens with zero attached hydrogens (tertiary/aromatic N) is 6. The van der Waals surface area contributed by atoms with Crippen molar-refractivity contribution in [1.82, 2.24) is 24.4 Å². The van der Waals surface area contributed by atoms with Crippen LogP contribution in [0.1, 0.15) is 50.1 Å². The summed E-state index contributed by atoms with van der Waals surface area (Å²) in [6.45, 7) is 5.94. The highest BCUT2D eigenvalue weighted by Crippen LogP contribution is 2.45. The van der Waals surface area contributed by atoms with Gasteiger partial charge in [-0.3, -0.25) is 19.6 Å². The van der Waals surface area contributed by atoms with Crippen molar-refractivity contribution < 1.29 is 19.4 Å². The first kappa shape index (κ1) is 32.8. The molecule has 1 amide bonds. The molecule has 246 valence electrons. The number of aromatic nitrogens is 4. The van der Waals surface area contributed by atoms with Gasteiger partial charge in [-0.25, -0.2) is 4.98 Å². The maximum atomic E-state index is 12.7. The molecule has 48 heavy (non-hydrogen) atoms. The van der Waals surface area contributed by atoms with Crippen LogP contribution < -0.4 is 10.1 Å². The van der Waals surface area contributed by atoms with Crippen LogP contribution >= 0.6 is 0 Å². The summed E-state index contributed by atoms with van der Waals surface area (Å²) in [5, 5.41) is 22.6. The number of aliphatic hydroxyl groups is 1. The van der Waals surface area contributed by atoms with Crippen LogP contribution in [0.2, 0.25) is 0 Å². The zero-order valence-corrected chi connectivity index (χ0v) is 27.2. The second kappa shape index (κ2) is 14.3. The summed E-state index contributed by atoms with van der Waals surface area (Å²) in [6, 6.07) is 33.2. The van der Waals surface area contributed by atoms with E-state index in [-0.39, 0.29) is 36.7 Å². The summed E-state index contributed by atoms with van der Waals surface area (Å²) in [7, 11) is 0. The maximum absolute atomic E-state index is 12.7. The zero-order chi connectivity index (χ0) is 33.7. The number of hydrogen-bond acceptors (Lipinski definition) is 9. The van der Waals surface area contributed by atoms with Gasteiger partial charge in [-0.1, -0.05) is 105 Å². The largest absolute Gasteiger partial charge is 0.472 e. The Bertz CT molecular complexity index is 1780. The number of imidazole rings is 1. The zero-order valence-electron chi connectivity index (χ0n) is 27.2. The Kier molecular flexibility index (Phi) is 9.77. The van der Waals surface area contributed by atoms with Crippen LogP contribution in [0.4, 0.5) is 5.95 Å². The minimum atomic E-state index is -0.748. The highest BCUT2D eigenvalue weighted by molar-refractivity contribution is 5.91. The Hall–Kier alpha value is -5.15. The van der Waals surface area contributed by atoms with Gasteiger partial charge in [-0.15, -0.1) is 0 Å². The number of benzene rings is 3. The summed E-state index contributed by atoms with van der Waals surface area (Å²) < 4.78 is 14.4. The summed E-state index contributed by atoms with van der Waals surface area (Å²) in [6.07, 6.45) is 0.0801. The van der Waals surface area contributed by atoms with Gasteiger partial charge in [-0.05, 0) is 23.6 Å². The topological polar surface area (TPSA) is 138 Å². The Morgan fingerprint density at radius 3 is 2.08 bits per heavy atom. The van der Waals surface area contributed by atoms with Gasteiger partial charge in [0, 0.05) is 19.0 Å². The molecule has 1 saturated heterocycles. The minimum Gasteiger partial charge on any atom is -0.472 e. The van der Waals surface area contributed by atoms with Gasteiger partial charge in [0.15, 0.2) is 11.2 Å². The van der Waals surface area contributed by atoms with E-state index in [1.165, 1.54) is 0 Å². The number of hydrogen-bond donors (Lipinski definition) is 2. The van der Waals surface area contributed by atoms with E-state index in [0.717, 1.165) is 16.7 Å². The standard InChI is InChI=1S/C37H39N7O4/c1-25(2)34(46)41-36-40-33-32(35(42-36)47-26(3)19-20-38)39-24-44(33)31-22-43(21-30(23-45)48-31)37(27-13-7-4-8-14-27,28-15-9-5-10-16-28)29-17-11-6-12-18-29/h4-18,24-26,30-31,45H,19,21-23H2,1-3H3,(H,40,41,42,46)/t26-,30-,31+/m0/s1. The normalized spacial score (nSPS) is 17.6. The number of aliphatic hydroxyl groups excluding tert-OH is 1. The van der Waals surface area contributed by atoms with Crippen LogP contribution in [0.3, 0.4) is 0 Å². The first-order valence-corrected chi connectivity index (χ1v) is 16.1. The number of rotatable bonds is 11. The molecular formula is C37H39N7O4. The van der Waals surface area contributed by atoms with Crippen LogP contribution in [-0.4, -0.2) is 67.3 Å². The van der Waals surface area contributed by atoms with E-state index in [1.54, 1.807) is 31.7 Å². The van der Waals surface area contributed by atoms with E-state index in [9.17, 15) is 15.2 Å². The van der Waals surface area contributed by atoms with Crippen LogP contribution in [0, 0.1) is 17.2 Å². The van der Waals surface area contributed by atoms with Crippen molar-refractivity contribution in [2.24, 2.45) is 5.92 Å². The first-order chi connectivity index (χ1) is 23.3. The molecular weight excluding hydrogens is 606 g/mol. The molecule has 0 bridgehead atoms. The lowest BCUT2D eigenvalue weighted by atomic mass is 9.75. The van der Waals surface area contributed by atoms with Gasteiger partial charge >= 0.3 is 0 Å². The number of morpholine rings is 1. The molecule has 1 fully saturated rings. The summed E-state index contributed by atoms with van der Waals surface area (Å²) in [5.41, 5.74) is 3.21. The second-order valence-corrected chi connectivity index (χ2v) is 12.2. The lowest BCUT2D eigenvalue weighted by molar-refractivity contribution is -0.148. The van der Waals surface area contributed by atoms with Gasteiger partial charge in [0.1, 0.15) is 12.3 Å². The molecule has 0 saturated carbocycles. The minimum absolute atomic E-state index is 0.0562. The number of nitrogens with one attached hydrogen (secondary N) is 1. The number of carbonyl (C=O) groups excluding carboxylic acids is 1. The molecule has 3 atom stereocenters. The summed E-state index contributed by atoms with van der Waals surface area (Å²) >= 11 is 0. The van der Waals surface area contributed by atoms with Gasteiger partial charge in [0.2, 0.25) is 17.7 Å². The molecule has 5 aromatic rings. The average molecular weight is 646 g/mol. The number of ether oxygens (including phenoxy) is 2. The fraction of sp³-hybridized carbons (Fsp3) is 0.324. The summed E-state index contributed by atoms with van der Waals surface area (Å²) in [5.74, 6) is -0.353. The molecule has 0 unspecified atom stereocenters. The fourth-order valence-electron chi connectivity index (χ4n) is 6.29. The third-order valence-electron chi connectivity index (χ3n) is 8.55. The van der Waals surface area contributed by atoms with E-state index in [4.69, 9.17) is 14.5 Å². The van der Waals surface area contributed by atoms with Crippen LogP contribution in [0.25, 0.3) is 11.2 Å². The molecule has 0 aliphatic carbocycles. The van der Waals surface area contributed by atoms with Gasteiger partial charge in [0.25, 0.3) is 0 Å². The molecule has 1 aliphatic rings. The number of fused-ring (bicyclic) bond motifs is 1. The third kappa shape index (κ3) is 6.38. The molecule has 6 rings (SSSR count). The lowest BCUT2D eigenvalue weighted by Crippen LogP contribution is -2.57. The van der Waals surface area contributed by atoms with Crippen molar-refractivity contribution >= 4 is 23.0 Å². The molecule has 2 N–H and O–H groups in total. The molecule has 11 heteroatoms. The number of carbonyl (C=O) groups is 1. The van der Waals surface area contributed by atoms with Crippen molar-refractivity contribution in [3.63, 3.8) is 0 Å². The van der Waals surface area contributed by atoms with E-state index in [0.29, 0.717) is 24.3 Å². The monoisotopic (exact) mass is 645 g/mol. The Balaban J connectivity index is 1.51. The van der Waals surface area contributed by atoms with Crippen LogP contribution in [-0.2, 0) is 15.1 Å². The van der Waals surface area contributed by atoms with E-state index >= 15 is 0 Å². The van der Waals surface area contributed by atoms with Crippen molar-refractivity contribution in [3.05, 3.63) is 114 Å². The Labute approximate surface area is 279 Å². The molecule has 0 radical (unpaired) electrons. The second-order valence-electron chi connectivity index (χ2n) is 12.2. The Morgan fingerprint density at radius 1 is 0.979 bits per heavy atom. The number of anilines is 1. The van der Waals surface area contributed by atoms with Gasteiger partial charge in [0.05, 0.1) is 37.1 Å². The molecule has 1 aliphatic heterocycles. The number of nitriles is 1. The van der Waals surface area contributed by atoms with E-state index in [2.05, 4.69) is 62.7 Å². The lowest BCUT2D eigenvalue weighted by Gasteiger charge is -2.50. The van der Waals surface area contributed by atoms with Crippen molar-refractivity contribution in [2.75, 3.05) is 25.0 Å².